The summed E-state index contributed by atoms with van der Waals surface area (Å²) in [6, 6.07) is 3.92. The van der Waals surface area contributed by atoms with E-state index in [1.54, 1.807) is 6.20 Å². The Kier molecular flexibility index (Phi) is 4.84. The summed E-state index contributed by atoms with van der Waals surface area (Å²) in [7, 11) is 0. The molecule has 3 heterocycles. The summed E-state index contributed by atoms with van der Waals surface area (Å²) in [5.41, 5.74) is 1.80. The van der Waals surface area contributed by atoms with Crippen LogP contribution in [-0.4, -0.2) is 32.4 Å². The highest BCUT2D eigenvalue weighted by atomic mass is 79.9. The van der Waals surface area contributed by atoms with E-state index >= 15 is 0 Å². The van der Waals surface area contributed by atoms with Crippen LogP contribution in [0.3, 0.4) is 0 Å². The number of benzene rings is 1. The van der Waals surface area contributed by atoms with Gasteiger partial charge in [-0.15, -0.1) is 0 Å². The minimum atomic E-state index is -1.09. The normalized spacial score (nSPS) is 17.2. The van der Waals surface area contributed by atoms with Gasteiger partial charge in [-0.1, -0.05) is 6.07 Å². The summed E-state index contributed by atoms with van der Waals surface area (Å²) in [5, 5.41) is 14.8. The van der Waals surface area contributed by atoms with Gasteiger partial charge in [-0.25, -0.2) is 9.48 Å². The molecule has 1 N–H and O–H groups in total. The number of aromatic carboxylic acids is 1. The molecule has 27 heavy (non-hydrogen) atoms. The zero-order valence-corrected chi connectivity index (χ0v) is 16.3. The number of rotatable bonds is 4. The number of aromatic nitrogens is 3. The molecule has 0 spiro atoms. The standard InChI is InChI=1S/C19H18BrN3O4/c1-11-5-6-14-12(8-22-23(14)16-4-2-3-7-26-16)18(11)27-15-10-21-9-13(20)17(15)19(24)25/h5-6,8-10,16H,2-4,7H2,1H3,(H,24,25). The number of nitrogens with zero attached hydrogens (tertiary/aromatic N) is 3. The van der Waals surface area contributed by atoms with Gasteiger partial charge in [-0.3, -0.25) is 4.98 Å². The Balaban J connectivity index is 1.79. The molecule has 0 radical (unpaired) electrons. The Morgan fingerprint density at radius 1 is 1.33 bits per heavy atom. The number of halogens is 1. The van der Waals surface area contributed by atoms with Gasteiger partial charge in [-0.05, 0) is 53.7 Å². The van der Waals surface area contributed by atoms with E-state index in [0.717, 1.165) is 42.3 Å². The molecule has 1 aliphatic rings. The lowest BCUT2D eigenvalue weighted by atomic mass is 10.1. The summed E-state index contributed by atoms with van der Waals surface area (Å²) in [5.74, 6) is -0.346. The average molecular weight is 432 g/mol. The first-order valence-corrected chi connectivity index (χ1v) is 9.48. The number of carbonyl (C=O) groups is 1. The summed E-state index contributed by atoms with van der Waals surface area (Å²) in [4.78, 5) is 15.7. The van der Waals surface area contributed by atoms with Crippen LogP contribution in [0.2, 0.25) is 0 Å². The Morgan fingerprint density at radius 2 is 2.19 bits per heavy atom. The summed E-state index contributed by atoms with van der Waals surface area (Å²) in [6.07, 6.45) is 7.57. The number of hydrogen-bond donors (Lipinski definition) is 1. The van der Waals surface area contributed by atoms with Gasteiger partial charge < -0.3 is 14.6 Å². The fourth-order valence-corrected chi connectivity index (χ4v) is 3.78. The lowest BCUT2D eigenvalue weighted by Gasteiger charge is -2.23. The molecule has 8 heteroatoms. The van der Waals surface area contributed by atoms with Gasteiger partial charge in [0, 0.05) is 12.8 Å². The largest absolute Gasteiger partial charge is 0.478 e. The summed E-state index contributed by atoms with van der Waals surface area (Å²) >= 11 is 3.23. The SMILES string of the molecule is Cc1ccc2c(cnn2C2CCCCO2)c1Oc1cncc(Br)c1C(=O)O. The van der Waals surface area contributed by atoms with E-state index in [1.807, 2.05) is 23.7 Å². The van der Waals surface area contributed by atoms with Crippen LogP contribution in [0.1, 0.15) is 41.4 Å². The van der Waals surface area contributed by atoms with E-state index in [4.69, 9.17) is 9.47 Å². The van der Waals surface area contributed by atoms with E-state index in [0.29, 0.717) is 10.2 Å². The quantitative estimate of drug-likeness (QED) is 0.644. The van der Waals surface area contributed by atoms with Crippen molar-refractivity contribution >= 4 is 32.8 Å². The summed E-state index contributed by atoms with van der Waals surface area (Å²) < 4.78 is 14.1. The molecule has 140 valence electrons. The molecule has 3 aromatic rings. The van der Waals surface area contributed by atoms with Crippen LogP contribution in [-0.2, 0) is 4.74 Å². The predicted molar refractivity (Wildman–Crippen MR) is 102 cm³/mol. The van der Waals surface area contributed by atoms with Crippen molar-refractivity contribution in [2.24, 2.45) is 0 Å². The second kappa shape index (κ2) is 7.28. The molecule has 1 aliphatic heterocycles. The topological polar surface area (TPSA) is 86.5 Å². The van der Waals surface area contributed by atoms with Gasteiger partial charge in [0.25, 0.3) is 0 Å². The zero-order valence-electron chi connectivity index (χ0n) is 14.7. The van der Waals surface area contributed by atoms with Crippen molar-refractivity contribution in [1.29, 1.82) is 0 Å². The highest BCUT2D eigenvalue weighted by molar-refractivity contribution is 9.10. The number of pyridine rings is 1. The predicted octanol–water partition coefficient (Wildman–Crippen LogP) is 4.69. The van der Waals surface area contributed by atoms with Crippen molar-refractivity contribution in [2.45, 2.75) is 32.4 Å². The monoisotopic (exact) mass is 431 g/mol. The van der Waals surface area contributed by atoms with Gasteiger partial charge in [0.15, 0.2) is 12.0 Å². The first kappa shape index (κ1) is 17.9. The molecular formula is C19H18BrN3O4. The number of aryl methyl sites for hydroxylation is 1. The third-order valence-corrected chi connectivity index (χ3v) is 5.25. The lowest BCUT2D eigenvalue weighted by molar-refractivity contribution is -0.0366. The lowest BCUT2D eigenvalue weighted by Crippen LogP contribution is -2.18. The Labute approximate surface area is 164 Å². The van der Waals surface area contributed by atoms with Crippen LogP contribution < -0.4 is 4.74 Å². The Morgan fingerprint density at radius 3 is 2.93 bits per heavy atom. The van der Waals surface area contributed by atoms with Crippen LogP contribution in [0.15, 0.2) is 35.2 Å². The van der Waals surface area contributed by atoms with Crippen molar-refractivity contribution in [3.05, 3.63) is 46.3 Å². The molecule has 0 bridgehead atoms. The van der Waals surface area contributed by atoms with E-state index in [2.05, 4.69) is 26.0 Å². The van der Waals surface area contributed by atoms with Crippen molar-refractivity contribution in [3.63, 3.8) is 0 Å². The number of fused-ring (bicyclic) bond motifs is 1. The number of carboxylic acids is 1. The molecule has 0 aliphatic carbocycles. The molecule has 1 saturated heterocycles. The van der Waals surface area contributed by atoms with Gasteiger partial charge in [0.1, 0.15) is 11.3 Å². The third-order valence-electron chi connectivity index (χ3n) is 4.65. The molecule has 0 amide bonds. The maximum atomic E-state index is 11.6. The molecule has 4 rings (SSSR count). The van der Waals surface area contributed by atoms with E-state index in [9.17, 15) is 9.90 Å². The van der Waals surface area contributed by atoms with Crippen molar-refractivity contribution in [2.75, 3.05) is 6.61 Å². The van der Waals surface area contributed by atoms with E-state index in [1.165, 1.54) is 12.4 Å². The minimum Gasteiger partial charge on any atom is -0.478 e. The second-order valence-electron chi connectivity index (χ2n) is 6.46. The zero-order chi connectivity index (χ0) is 19.0. The maximum absolute atomic E-state index is 11.6. The maximum Gasteiger partial charge on any atom is 0.340 e. The number of hydrogen-bond acceptors (Lipinski definition) is 5. The van der Waals surface area contributed by atoms with Gasteiger partial charge in [0.05, 0.1) is 27.8 Å². The molecule has 1 aromatic carbocycles. The second-order valence-corrected chi connectivity index (χ2v) is 7.31. The molecule has 7 nitrogen and oxygen atoms in total. The van der Waals surface area contributed by atoms with E-state index in [-0.39, 0.29) is 17.5 Å². The average Bonchev–Trinajstić information content (AvgIpc) is 3.09. The minimum absolute atomic E-state index is 0.0319. The first-order valence-electron chi connectivity index (χ1n) is 8.69. The fraction of sp³-hybridized carbons (Fsp3) is 0.316. The van der Waals surface area contributed by atoms with Crippen LogP contribution in [0.5, 0.6) is 11.5 Å². The third kappa shape index (κ3) is 3.30. The van der Waals surface area contributed by atoms with Crippen molar-refractivity contribution < 1.29 is 19.4 Å². The Hall–Kier alpha value is -2.45. The first-order chi connectivity index (χ1) is 13.1. The molecule has 2 aromatic heterocycles. The van der Waals surface area contributed by atoms with E-state index < -0.39 is 5.97 Å². The highest BCUT2D eigenvalue weighted by Crippen LogP contribution is 2.37. The molecule has 1 fully saturated rings. The molecule has 0 saturated carbocycles. The van der Waals surface area contributed by atoms with Crippen LogP contribution in [0, 0.1) is 6.92 Å². The molecule has 1 unspecified atom stereocenters. The number of carboxylic acid groups (broad SMARTS) is 1. The van der Waals surface area contributed by atoms with Gasteiger partial charge in [-0.2, -0.15) is 5.10 Å². The molecular weight excluding hydrogens is 414 g/mol. The van der Waals surface area contributed by atoms with Crippen LogP contribution >= 0.6 is 15.9 Å². The van der Waals surface area contributed by atoms with Gasteiger partial charge in [0.2, 0.25) is 0 Å². The summed E-state index contributed by atoms with van der Waals surface area (Å²) in [6.45, 7) is 2.64. The Bertz CT molecular complexity index is 1010. The highest BCUT2D eigenvalue weighted by Gasteiger charge is 2.22. The van der Waals surface area contributed by atoms with Gasteiger partial charge >= 0.3 is 5.97 Å². The van der Waals surface area contributed by atoms with Crippen molar-refractivity contribution in [1.82, 2.24) is 14.8 Å². The fourth-order valence-electron chi connectivity index (χ4n) is 3.30. The van der Waals surface area contributed by atoms with Crippen LogP contribution in [0.25, 0.3) is 10.9 Å². The molecule has 1 atom stereocenters. The number of ether oxygens (including phenoxy) is 2. The van der Waals surface area contributed by atoms with Crippen molar-refractivity contribution in [3.8, 4) is 11.5 Å². The van der Waals surface area contributed by atoms with Crippen LogP contribution in [0.4, 0.5) is 0 Å². The smallest absolute Gasteiger partial charge is 0.340 e.